The van der Waals surface area contributed by atoms with Crippen LogP contribution in [0.2, 0.25) is 0 Å². The molecule has 0 bridgehead atoms. The van der Waals surface area contributed by atoms with Crippen molar-refractivity contribution in [3.63, 3.8) is 0 Å². The van der Waals surface area contributed by atoms with Gasteiger partial charge in [0.1, 0.15) is 0 Å². The molecule has 0 spiro atoms. The number of Topliss-reactive ketones (excluding diaryl/α,β-unsaturated/α-hetero) is 1. The maximum atomic E-state index is 11.2. The first-order valence-corrected chi connectivity index (χ1v) is 4.08. The van der Waals surface area contributed by atoms with Crippen LogP contribution in [0.1, 0.15) is 22.1 Å². The van der Waals surface area contributed by atoms with Gasteiger partial charge in [0.2, 0.25) is 11.7 Å². The van der Waals surface area contributed by atoms with Crippen LogP contribution >= 0.6 is 11.6 Å². The van der Waals surface area contributed by atoms with Crippen LogP contribution in [-0.2, 0) is 10.7 Å². The highest BCUT2D eigenvalue weighted by Crippen LogP contribution is 2.19. The number of hydrogen-bond donors (Lipinski definition) is 0. The first-order valence-electron chi connectivity index (χ1n) is 3.55. The number of oxazole rings is 1. The normalized spacial score (nSPS) is 14.8. The van der Waals surface area contributed by atoms with Gasteiger partial charge in [0.15, 0.2) is 11.5 Å². The van der Waals surface area contributed by atoms with Crippen molar-refractivity contribution in [2.45, 2.75) is 5.88 Å². The zero-order valence-corrected chi connectivity index (χ0v) is 7.17. The standard InChI is InChI=1S/C8H4ClNO3/c9-3-6-10-7-5(13-6)2-1-4(11)8(7)12/h1-2H,3H2. The molecule has 13 heavy (non-hydrogen) atoms. The molecule has 66 valence electrons. The highest BCUT2D eigenvalue weighted by molar-refractivity contribution is 6.49. The van der Waals surface area contributed by atoms with Gasteiger partial charge >= 0.3 is 0 Å². The summed E-state index contributed by atoms with van der Waals surface area (Å²) in [6, 6.07) is 0. The van der Waals surface area contributed by atoms with Crippen molar-refractivity contribution in [1.29, 1.82) is 0 Å². The average molecular weight is 198 g/mol. The third-order valence-electron chi connectivity index (χ3n) is 1.64. The van der Waals surface area contributed by atoms with Gasteiger partial charge in [0.05, 0.1) is 5.88 Å². The topological polar surface area (TPSA) is 60.2 Å². The lowest BCUT2D eigenvalue weighted by Gasteiger charge is -1.96. The van der Waals surface area contributed by atoms with E-state index in [1.807, 2.05) is 0 Å². The second-order valence-corrected chi connectivity index (χ2v) is 2.75. The molecule has 1 aliphatic rings. The Morgan fingerprint density at radius 3 is 2.85 bits per heavy atom. The summed E-state index contributed by atoms with van der Waals surface area (Å²) in [5.74, 6) is -0.582. The molecule has 0 aliphatic heterocycles. The summed E-state index contributed by atoms with van der Waals surface area (Å²) in [6.07, 6.45) is 2.58. The second-order valence-electron chi connectivity index (χ2n) is 2.48. The molecule has 1 aromatic rings. The molecule has 0 saturated heterocycles. The van der Waals surface area contributed by atoms with Crippen LogP contribution in [0.5, 0.6) is 0 Å². The molecule has 0 unspecified atom stereocenters. The Bertz CT molecular complexity index is 419. The molecule has 1 aromatic heterocycles. The molecule has 0 radical (unpaired) electrons. The molecule has 0 aromatic carbocycles. The fourth-order valence-corrected chi connectivity index (χ4v) is 1.17. The number of alkyl halides is 1. The van der Waals surface area contributed by atoms with Gasteiger partial charge in [-0.3, -0.25) is 9.59 Å². The first kappa shape index (κ1) is 8.19. The van der Waals surface area contributed by atoms with E-state index >= 15 is 0 Å². The Hall–Kier alpha value is -1.42. The lowest BCUT2D eigenvalue weighted by atomic mass is 10.1. The van der Waals surface area contributed by atoms with E-state index in [9.17, 15) is 9.59 Å². The van der Waals surface area contributed by atoms with Gasteiger partial charge in [-0.2, -0.15) is 0 Å². The van der Waals surface area contributed by atoms with Gasteiger partial charge in [0, 0.05) is 0 Å². The van der Waals surface area contributed by atoms with E-state index in [4.69, 9.17) is 16.0 Å². The lowest BCUT2D eigenvalue weighted by molar-refractivity contribution is -0.111. The van der Waals surface area contributed by atoms with E-state index in [2.05, 4.69) is 4.98 Å². The molecule has 0 N–H and O–H groups in total. The Labute approximate surface area is 78.2 Å². The molecule has 4 nitrogen and oxygen atoms in total. The SMILES string of the molecule is O=C1C=Cc2oc(CCl)nc2C1=O. The summed E-state index contributed by atoms with van der Waals surface area (Å²) < 4.78 is 5.07. The van der Waals surface area contributed by atoms with Crippen molar-refractivity contribution in [3.8, 4) is 0 Å². The number of aromatic nitrogens is 1. The lowest BCUT2D eigenvalue weighted by Crippen LogP contribution is -2.15. The molecule has 0 fully saturated rings. The quantitative estimate of drug-likeness (QED) is 0.501. The molecular weight excluding hydrogens is 194 g/mol. The van der Waals surface area contributed by atoms with Crippen molar-refractivity contribution in [2.24, 2.45) is 0 Å². The number of fused-ring (bicyclic) bond motifs is 1. The van der Waals surface area contributed by atoms with Gasteiger partial charge in [-0.15, -0.1) is 11.6 Å². The predicted molar refractivity (Wildman–Crippen MR) is 44.4 cm³/mol. The van der Waals surface area contributed by atoms with Crippen molar-refractivity contribution in [3.05, 3.63) is 23.4 Å². The average Bonchev–Trinajstić information content (AvgIpc) is 2.55. The van der Waals surface area contributed by atoms with Crippen LogP contribution in [0.4, 0.5) is 0 Å². The van der Waals surface area contributed by atoms with Gasteiger partial charge in [-0.25, -0.2) is 4.98 Å². The Balaban J connectivity index is 2.56. The maximum absolute atomic E-state index is 11.2. The Kier molecular flexibility index (Phi) is 1.77. The number of nitrogens with zero attached hydrogens (tertiary/aromatic N) is 1. The van der Waals surface area contributed by atoms with Crippen LogP contribution < -0.4 is 0 Å². The van der Waals surface area contributed by atoms with Gasteiger partial charge in [0.25, 0.3) is 5.78 Å². The summed E-state index contributed by atoms with van der Waals surface area (Å²) >= 11 is 5.45. The number of carbonyl (C=O) groups excluding carboxylic acids is 2. The largest absolute Gasteiger partial charge is 0.439 e. The Morgan fingerprint density at radius 1 is 1.38 bits per heavy atom. The summed E-state index contributed by atoms with van der Waals surface area (Å²) in [7, 11) is 0. The first-order chi connectivity index (χ1) is 6.22. The third kappa shape index (κ3) is 1.19. The van der Waals surface area contributed by atoms with E-state index in [1.165, 1.54) is 6.08 Å². The molecule has 5 heteroatoms. The third-order valence-corrected chi connectivity index (χ3v) is 1.87. The van der Waals surface area contributed by atoms with Crippen LogP contribution in [0.15, 0.2) is 10.5 Å². The van der Waals surface area contributed by atoms with E-state index in [0.717, 1.165) is 6.08 Å². The zero-order chi connectivity index (χ0) is 9.42. The molecule has 0 saturated carbocycles. The number of halogens is 1. The van der Waals surface area contributed by atoms with E-state index < -0.39 is 11.6 Å². The molecule has 1 aliphatic carbocycles. The number of rotatable bonds is 1. The minimum atomic E-state index is -0.641. The van der Waals surface area contributed by atoms with Crippen LogP contribution in [0.3, 0.4) is 0 Å². The van der Waals surface area contributed by atoms with E-state index in [1.54, 1.807) is 0 Å². The van der Waals surface area contributed by atoms with Crippen molar-refractivity contribution >= 4 is 29.2 Å². The number of ketones is 2. The second kappa shape index (κ2) is 2.81. The minimum Gasteiger partial charge on any atom is -0.439 e. The number of carbonyl (C=O) groups is 2. The molecule has 2 rings (SSSR count). The van der Waals surface area contributed by atoms with Gasteiger partial charge < -0.3 is 4.42 Å². The number of allylic oxidation sites excluding steroid dienone is 1. The van der Waals surface area contributed by atoms with Gasteiger partial charge in [-0.05, 0) is 12.2 Å². The van der Waals surface area contributed by atoms with E-state index in [0.29, 0.717) is 5.76 Å². The fraction of sp³-hybridized carbons (Fsp3) is 0.125. The van der Waals surface area contributed by atoms with Crippen molar-refractivity contribution in [1.82, 2.24) is 4.98 Å². The summed E-state index contributed by atoms with van der Waals surface area (Å²) in [4.78, 5) is 25.9. The van der Waals surface area contributed by atoms with Crippen molar-refractivity contribution < 1.29 is 14.0 Å². The Morgan fingerprint density at radius 2 is 2.15 bits per heavy atom. The highest BCUT2D eigenvalue weighted by atomic mass is 35.5. The molecule has 0 atom stereocenters. The zero-order valence-electron chi connectivity index (χ0n) is 6.41. The summed E-state index contributed by atoms with van der Waals surface area (Å²) in [5, 5.41) is 0. The molecule has 1 heterocycles. The molecular formula is C8H4ClNO3. The summed E-state index contributed by atoms with van der Waals surface area (Å²) in [6.45, 7) is 0. The van der Waals surface area contributed by atoms with Crippen LogP contribution in [0.25, 0.3) is 6.08 Å². The smallest absolute Gasteiger partial charge is 0.255 e. The highest BCUT2D eigenvalue weighted by Gasteiger charge is 2.26. The summed E-state index contributed by atoms with van der Waals surface area (Å²) in [5.41, 5.74) is 0.0585. The van der Waals surface area contributed by atoms with Gasteiger partial charge in [-0.1, -0.05) is 0 Å². The monoisotopic (exact) mass is 197 g/mol. The van der Waals surface area contributed by atoms with Crippen LogP contribution in [-0.4, -0.2) is 16.6 Å². The van der Waals surface area contributed by atoms with E-state index in [-0.39, 0.29) is 17.5 Å². The number of hydrogen-bond acceptors (Lipinski definition) is 4. The molecule has 0 amide bonds. The predicted octanol–water partition coefficient (Wildman–Crippen LogP) is 1.19. The van der Waals surface area contributed by atoms with Crippen LogP contribution in [0, 0.1) is 0 Å². The fourth-order valence-electron chi connectivity index (χ4n) is 1.05. The maximum Gasteiger partial charge on any atom is 0.255 e. The minimum absolute atomic E-state index is 0.0585. The van der Waals surface area contributed by atoms with Crippen molar-refractivity contribution in [2.75, 3.05) is 0 Å².